The summed E-state index contributed by atoms with van der Waals surface area (Å²) in [5.41, 5.74) is 4.52. The van der Waals surface area contributed by atoms with Gasteiger partial charge in [-0.1, -0.05) is 0 Å². The first-order chi connectivity index (χ1) is 8.23. The quantitative estimate of drug-likeness (QED) is 0.705. The summed E-state index contributed by atoms with van der Waals surface area (Å²) in [5, 5.41) is 8.12. The number of ether oxygens (including phenoxy) is 1. The molecule has 12 heteroatoms. The lowest BCUT2D eigenvalue weighted by Crippen LogP contribution is -2.52. The molecular weight excluding hydrogens is 298 g/mol. The van der Waals surface area contributed by atoms with Crippen molar-refractivity contribution in [3.8, 4) is 0 Å². The molecule has 0 aromatic carbocycles. The maximum Gasteiger partial charge on any atom is 0.424 e. The molecule has 0 aliphatic rings. The number of nitrogens with two attached hydrogens (primary N) is 1. The van der Waals surface area contributed by atoms with Crippen molar-refractivity contribution in [1.29, 1.82) is 0 Å². The molecule has 0 saturated heterocycles. The fraction of sp³-hybridized carbons (Fsp3) is 0.857. The van der Waals surface area contributed by atoms with Crippen LogP contribution >= 0.6 is 0 Å². The predicted octanol–water partition coefficient (Wildman–Crippen LogP) is 1.89. The van der Waals surface area contributed by atoms with E-state index < -0.39 is 43.0 Å². The summed E-state index contributed by atoms with van der Waals surface area (Å²) < 4.78 is 100. The van der Waals surface area contributed by atoms with Gasteiger partial charge in [0.1, 0.15) is 6.04 Å². The van der Waals surface area contributed by atoms with Crippen LogP contribution in [-0.4, -0.2) is 41.7 Å². The second-order valence-electron chi connectivity index (χ2n) is 3.33. The largest absolute Gasteiger partial charge is 0.480 e. The lowest BCUT2D eigenvalue weighted by Gasteiger charge is -2.29. The Morgan fingerprint density at radius 2 is 1.58 bits per heavy atom. The van der Waals surface area contributed by atoms with Crippen molar-refractivity contribution in [2.75, 3.05) is 0 Å². The Labute approximate surface area is 99.7 Å². The van der Waals surface area contributed by atoms with Crippen molar-refractivity contribution in [3.63, 3.8) is 0 Å². The van der Waals surface area contributed by atoms with Gasteiger partial charge in [0.15, 0.2) is 0 Å². The van der Waals surface area contributed by atoms with Crippen LogP contribution in [0.4, 0.5) is 35.1 Å². The molecule has 0 aliphatic heterocycles. The van der Waals surface area contributed by atoms with E-state index >= 15 is 0 Å². The molecule has 0 aliphatic carbocycles. The van der Waals surface area contributed by atoms with Crippen LogP contribution in [-0.2, 0) is 9.53 Å². The van der Waals surface area contributed by atoms with Gasteiger partial charge >= 0.3 is 30.5 Å². The van der Waals surface area contributed by atoms with Crippen LogP contribution in [0, 0.1) is 0 Å². The first-order valence-electron chi connectivity index (χ1n) is 4.33. The number of carboxylic acid groups (broad SMARTS) is 1. The molecule has 0 radical (unpaired) electrons. The zero-order valence-electron chi connectivity index (χ0n) is 8.73. The maximum absolute atomic E-state index is 12.8. The second-order valence-corrected chi connectivity index (χ2v) is 3.33. The number of carboxylic acids is 1. The maximum atomic E-state index is 12.8. The Hall–Kier alpha value is -1.17. The van der Waals surface area contributed by atoms with Crippen LogP contribution < -0.4 is 5.73 Å². The first-order valence-corrected chi connectivity index (χ1v) is 4.33. The van der Waals surface area contributed by atoms with Gasteiger partial charge in [-0.05, 0) is 0 Å². The molecule has 0 spiro atoms. The summed E-state index contributed by atoms with van der Waals surface area (Å²) in [7, 11) is 0. The van der Waals surface area contributed by atoms with Gasteiger partial charge in [-0.3, -0.25) is 4.79 Å². The van der Waals surface area contributed by atoms with Gasteiger partial charge in [0.25, 0.3) is 0 Å². The lowest BCUT2D eigenvalue weighted by atomic mass is 10.1. The van der Waals surface area contributed by atoms with Gasteiger partial charge in [0, 0.05) is 6.42 Å². The van der Waals surface area contributed by atoms with Gasteiger partial charge in [-0.25, -0.2) is 13.5 Å². The molecule has 0 rings (SSSR count). The molecule has 0 bridgehead atoms. The zero-order chi connectivity index (χ0) is 15.6. The van der Waals surface area contributed by atoms with E-state index in [0.29, 0.717) is 0 Å². The monoisotopic (exact) mass is 305 g/mol. The number of hydrogen-bond donors (Lipinski definition) is 2. The molecular formula is C7H7F8NO3. The number of alkyl halides is 8. The van der Waals surface area contributed by atoms with Crippen molar-refractivity contribution in [2.45, 2.75) is 37.0 Å². The van der Waals surface area contributed by atoms with Crippen LogP contribution in [0.25, 0.3) is 0 Å². The van der Waals surface area contributed by atoms with Crippen molar-refractivity contribution < 1.29 is 49.8 Å². The average Bonchev–Trinajstić information content (AvgIpc) is 2.14. The molecule has 0 saturated carbocycles. The molecule has 0 amide bonds. The Kier molecular flexibility index (Phi) is 5.11. The molecule has 3 N–H and O–H groups in total. The minimum Gasteiger partial charge on any atom is -0.480 e. The number of rotatable bonds is 7. The van der Waals surface area contributed by atoms with Crippen LogP contribution in [0.1, 0.15) is 6.42 Å². The smallest absolute Gasteiger partial charge is 0.424 e. The van der Waals surface area contributed by atoms with E-state index in [9.17, 15) is 39.9 Å². The topological polar surface area (TPSA) is 72.5 Å². The summed E-state index contributed by atoms with van der Waals surface area (Å²) in [5.74, 6) is -7.60. The van der Waals surface area contributed by atoms with E-state index in [0.717, 1.165) is 0 Å². The summed E-state index contributed by atoms with van der Waals surface area (Å²) in [6.07, 6.45) is -18.9. The molecule has 4 nitrogen and oxygen atoms in total. The lowest BCUT2D eigenvalue weighted by molar-refractivity contribution is -0.450. The van der Waals surface area contributed by atoms with Gasteiger partial charge in [0.2, 0.25) is 0 Å². The van der Waals surface area contributed by atoms with Crippen molar-refractivity contribution >= 4 is 5.97 Å². The minimum atomic E-state index is -6.03. The van der Waals surface area contributed by atoms with Crippen LogP contribution in [0.3, 0.4) is 0 Å². The predicted molar refractivity (Wildman–Crippen MR) is 42.2 cm³/mol. The first kappa shape index (κ1) is 17.8. The van der Waals surface area contributed by atoms with Crippen LogP contribution in [0.5, 0.6) is 0 Å². The molecule has 1 atom stereocenters. The fourth-order valence-corrected chi connectivity index (χ4v) is 0.772. The van der Waals surface area contributed by atoms with Crippen LogP contribution in [0.15, 0.2) is 0 Å². The Morgan fingerprint density at radius 3 is 1.89 bits per heavy atom. The standard InChI is InChI=1S/C7H7F8NO3/c8-4(9)6(12,13)19-7(14,15)5(10,11)1-2(16)3(17)18/h2,4H,1,16H2,(H,17,18). The third-order valence-corrected chi connectivity index (χ3v) is 1.74. The highest BCUT2D eigenvalue weighted by Gasteiger charge is 2.64. The third-order valence-electron chi connectivity index (χ3n) is 1.74. The zero-order valence-corrected chi connectivity index (χ0v) is 8.73. The summed E-state index contributed by atoms with van der Waals surface area (Å²) in [4.78, 5) is 10.1. The average molecular weight is 305 g/mol. The van der Waals surface area contributed by atoms with Gasteiger partial charge in [-0.15, -0.1) is 0 Å². The SMILES string of the molecule is NC(CC(F)(F)C(F)(F)OC(F)(F)C(F)F)C(=O)O. The summed E-state index contributed by atoms with van der Waals surface area (Å²) in [6.45, 7) is 0. The molecule has 0 fully saturated rings. The molecule has 0 heterocycles. The Morgan fingerprint density at radius 1 is 1.16 bits per heavy atom. The highest BCUT2D eigenvalue weighted by molar-refractivity contribution is 5.73. The van der Waals surface area contributed by atoms with Crippen LogP contribution in [0.2, 0.25) is 0 Å². The molecule has 19 heavy (non-hydrogen) atoms. The van der Waals surface area contributed by atoms with E-state index in [1.807, 2.05) is 0 Å². The second kappa shape index (κ2) is 5.45. The number of halogens is 8. The van der Waals surface area contributed by atoms with Gasteiger partial charge < -0.3 is 10.8 Å². The highest BCUT2D eigenvalue weighted by atomic mass is 19.3. The van der Waals surface area contributed by atoms with Crippen molar-refractivity contribution in [2.24, 2.45) is 5.73 Å². The summed E-state index contributed by atoms with van der Waals surface area (Å²) in [6, 6.07) is -2.52. The summed E-state index contributed by atoms with van der Waals surface area (Å²) >= 11 is 0. The Balaban J connectivity index is 5.02. The van der Waals surface area contributed by atoms with E-state index in [1.165, 1.54) is 0 Å². The molecule has 1 unspecified atom stereocenters. The molecule has 114 valence electrons. The van der Waals surface area contributed by atoms with E-state index in [4.69, 9.17) is 5.11 Å². The van der Waals surface area contributed by atoms with E-state index in [-0.39, 0.29) is 0 Å². The molecule has 0 aromatic rings. The van der Waals surface area contributed by atoms with Gasteiger partial charge in [-0.2, -0.15) is 26.3 Å². The number of aliphatic carboxylic acids is 1. The third kappa shape index (κ3) is 4.45. The molecule has 0 aromatic heterocycles. The number of hydrogen-bond acceptors (Lipinski definition) is 3. The minimum absolute atomic E-state index is 2.11. The number of carbonyl (C=O) groups is 1. The van der Waals surface area contributed by atoms with E-state index in [1.54, 1.807) is 0 Å². The Bertz CT molecular complexity index is 334. The van der Waals surface area contributed by atoms with E-state index in [2.05, 4.69) is 10.5 Å². The van der Waals surface area contributed by atoms with Crippen molar-refractivity contribution in [1.82, 2.24) is 0 Å². The highest BCUT2D eigenvalue weighted by Crippen LogP contribution is 2.43. The van der Waals surface area contributed by atoms with Gasteiger partial charge in [0.05, 0.1) is 0 Å². The normalized spacial score (nSPS) is 15.7. The fourth-order valence-electron chi connectivity index (χ4n) is 0.772. The van der Waals surface area contributed by atoms with Crippen molar-refractivity contribution in [3.05, 3.63) is 0 Å².